The Morgan fingerprint density at radius 3 is 2.97 bits per heavy atom. The Morgan fingerprint density at radius 2 is 2.24 bits per heavy atom. The molecule has 1 aliphatic carbocycles. The molecule has 6 rings (SSSR count). The maximum atomic E-state index is 13.2. The van der Waals surface area contributed by atoms with Crippen molar-refractivity contribution in [2.75, 3.05) is 5.32 Å². The molecule has 1 saturated carbocycles. The number of anilines is 1. The van der Waals surface area contributed by atoms with Gasteiger partial charge in [-0.3, -0.25) is 4.68 Å². The molecule has 3 aromatic rings. The molecule has 1 N–H and O–H groups in total. The number of nitrogens with one attached hydrogen (secondary N) is 1. The summed E-state index contributed by atoms with van der Waals surface area (Å²) in [5.74, 6) is 1.50. The molecule has 10 heteroatoms. The van der Waals surface area contributed by atoms with E-state index in [-0.39, 0.29) is 12.1 Å². The number of hydrogen-bond acceptors (Lipinski definition) is 6. The van der Waals surface area contributed by atoms with Crippen LogP contribution in [0, 0.1) is 5.92 Å². The number of rotatable bonds is 3. The van der Waals surface area contributed by atoms with E-state index in [4.69, 9.17) is 16.0 Å². The highest BCUT2D eigenvalue weighted by atomic mass is 35.5. The predicted octanol–water partition coefficient (Wildman–Crippen LogP) is 3.45. The molecule has 0 radical (unpaired) electrons. The molecule has 3 fully saturated rings. The summed E-state index contributed by atoms with van der Waals surface area (Å²) in [6.07, 6.45) is 5.54. The first-order valence-corrected chi connectivity index (χ1v) is 9.86. The second kappa shape index (κ2) is 6.55. The number of benzene rings is 1. The van der Waals surface area contributed by atoms with Gasteiger partial charge in [-0.2, -0.15) is 5.10 Å². The molecule has 150 valence electrons. The van der Waals surface area contributed by atoms with Crippen LogP contribution in [0.15, 0.2) is 35.3 Å². The fraction of sp³-hybridized carbons (Fsp3) is 0.421. The van der Waals surface area contributed by atoms with E-state index in [2.05, 4.69) is 32.5 Å². The van der Waals surface area contributed by atoms with Gasteiger partial charge < -0.3 is 14.6 Å². The zero-order chi connectivity index (χ0) is 20.2. The fourth-order valence-corrected chi connectivity index (χ4v) is 4.95. The van der Waals surface area contributed by atoms with Crippen LogP contribution in [0.5, 0.6) is 0 Å². The van der Waals surface area contributed by atoms with E-state index in [9.17, 15) is 4.79 Å². The lowest BCUT2D eigenvalue weighted by molar-refractivity contribution is -0.110. The van der Waals surface area contributed by atoms with Crippen LogP contribution in [0.3, 0.4) is 0 Å². The first kappa shape index (κ1) is 18.1. The highest BCUT2D eigenvalue weighted by molar-refractivity contribution is 6.33. The molecule has 3 atom stereocenters. The Balaban J connectivity index is 1.42. The third-order valence-electron chi connectivity index (χ3n) is 5.80. The lowest BCUT2D eigenvalue weighted by Gasteiger charge is -2.61. The van der Waals surface area contributed by atoms with Crippen molar-refractivity contribution in [3.05, 3.63) is 41.8 Å². The van der Waals surface area contributed by atoms with Crippen LogP contribution in [0.4, 0.5) is 10.5 Å². The van der Waals surface area contributed by atoms with E-state index in [1.165, 1.54) is 6.39 Å². The largest absolute Gasteiger partial charge is 0.425 e. The Bertz CT molecular complexity index is 1070. The number of piperidine rings is 1. The Labute approximate surface area is 172 Å². The Kier molecular flexibility index (Phi) is 4.09. The molecule has 2 bridgehead atoms. The van der Waals surface area contributed by atoms with Crippen molar-refractivity contribution in [2.45, 2.75) is 37.8 Å². The minimum Gasteiger partial charge on any atom is -0.425 e. The topological polar surface area (TPSA) is 102 Å². The molecule has 0 spiro atoms. The maximum absolute atomic E-state index is 13.2. The van der Waals surface area contributed by atoms with Gasteiger partial charge in [0.05, 0.1) is 5.02 Å². The smallest absolute Gasteiger partial charge is 0.323 e. The number of carbonyl (C=O) groups is 1. The van der Waals surface area contributed by atoms with E-state index in [1.807, 2.05) is 4.90 Å². The minimum absolute atomic E-state index is 0.162. The average molecular weight is 414 g/mol. The first-order valence-electron chi connectivity index (χ1n) is 9.49. The number of nitrogens with zero attached hydrogens (tertiary/aromatic N) is 6. The van der Waals surface area contributed by atoms with Crippen LogP contribution < -0.4 is 5.32 Å². The van der Waals surface area contributed by atoms with Gasteiger partial charge in [0.25, 0.3) is 0 Å². The molecule has 2 saturated heterocycles. The summed E-state index contributed by atoms with van der Waals surface area (Å²) in [7, 11) is 1.79. The van der Waals surface area contributed by atoms with Crippen LogP contribution in [0.2, 0.25) is 5.02 Å². The first-order chi connectivity index (χ1) is 14.0. The van der Waals surface area contributed by atoms with E-state index < -0.39 is 5.54 Å². The molecule has 2 amide bonds. The van der Waals surface area contributed by atoms with Crippen molar-refractivity contribution in [2.24, 2.45) is 13.0 Å². The highest BCUT2D eigenvalue weighted by Crippen LogP contribution is 2.55. The zero-order valence-corrected chi connectivity index (χ0v) is 16.8. The Hall–Kier alpha value is -2.94. The van der Waals surface area contributed by atoms with Gasteiger partial charge in [-0.05, 0) is 37.0 Å². The summed E-state index contributed by atoms with van der Waals surface area (Å²) in [5, 5.41) is 15.7. The summed E-state index contributed by atoms with van der Waals surface area (Å²) in [5.41, 5.74) is 0.760. The third-order valence-corrected chi connectivity index (χ3v) is 6.12. The van der Waals surface area contributed by atoms with Crippen molar-refractivity contribution in [1.29, 1.82) is 0 Å². The number of hydrogen-bond donors (Lipinski definition) is 1. The van der Waals surface area contributed by atoms with Gasteiger partial charge in [-0.1, -0.05) is 18.5 Å². The Morgan fingerprint density at radius 1 is 1.38 bits per heavy atom. The number of carbonyl (C=O) groups excluding carboxylic acids is 1. The van der Waals surface area contributed by atoms with Gasteiger partial charge in [0, 0.05) is 30.8 Å². The second-order valence-electron chi connectivity index (χ2n) is 7.92. The number of aryl methyl sites for hydroxylation is 1. The molecule has 3 aliphatic rings. The van der Waals surface area contributed by atoms with Crippen LogP contribution in [-0.2, 0) is 12.6 Å². The van der Waals surface area contributed by atoms with Crippen LogP contribution in [0.1, 0.15) is 32.1 Å². The van der Waals surface area contributed by atoms with Gasteiger partial charge in [0.2, 0.25) is 12.3 Å². The molecule has 0 unspecified atom stereocenters. The molecule has 9 nitrogen and oxygen atoms in total. The van der Waals surface area contributed by atoms with Gasteiger partial charge in [0.15, 0.2) is 5.82 Å². The summed E-state index contributed by atoms with van der Waals surface area (Å²) in [4.78, 5) is 19.3. The zero-order valence-electron chi connectivity index (χ0n) is 16.0. The van der Waals surface area contributed by atoms with E-state index in [1.54, 1.807) is 36.3 Å². The molecule has 29 heavy (non-hydrogen) atoms. The van der Waals surface area contributed by atoms with Crippen LogP contribution in [0.25, 0.3) is 11.4 Å². The molecule has 1 aromatic carbocycles. The lowest BCUT2D eigenvalue weighted by Crippen LogP contribution is -2.70. The average Bonchev–Trinajstić information content (AvgIpc) is 3.34. The number of aromatic nitrogens is 5. The second-order valence-corrected chi connectivity index (χ2v) is 8.32. The van der Waals surface area contributed by atoms with Crippen LogP contribution >= 0.6 is 11.6 Å². The molecule has 2 aromatic heterocycles. The maximum Gasteiger partial charge on any atom is 0.323 e. The number of urea groups is 1. The van der Waals surface area contributed by atoms with Crippen molar-refractivity contribution < 1.29 is 9.21 Å². The standard InChI is InChI=1S/C19H20ClN7O2/c1-11-5-13-8-19(7-11,17-24-22-10-29-17)27(13)18(28)23-12-3-4-15(20)14(6-12)16-21-9-26(2)25-16/h3-4,6,9-11,13H,5,7-8H2,1-2H3,(H,23,28)/t11-,13+,19-/m0/s1. The van der Waals surface area contributed by atoms with Crippen LogP contribution in [-0.4, -0.2) is 41.9 Å². The quantitative estimate of drug-likeness (QED) is 0.705. The van der Waals surface area contributed by atoms with Crippen molar-refractivity contribution in [1.82, 2.24) is 29.9 Å². The van der Waals surface area contributed by atoms with Gasteiger partial charge >= 0.3 is 6.03 Å². The van der Waals surface area contributed by atoms with Crippen molar-refractivity contribution in [3.63, 3.8) is 0 Å². The van der Waals surface area contributed by atoms with Gasteiger partial charge in [-0.15, -0.1) is 10.2 Å². The number of fused-ring (bicyclic) bond motifs is 2. The third kappa shape index (κ3) is 2.88. The molecular formula is C19H20ClN7O2. The monoisotopic (exact) mass is 413 g/mol. The normalized spacial score (nSPS) is 25.6. The van der Waals surface area contributed by atoms with Crippen molar-refractivity contribution >= 4 is 23.3 Å². The van der Waals surface area contributed by atoms with Crippen molar-refractivity contribution in [3.8, 4) is 11.4 Å². The van der Waals surface area contributed by atoms with E-state index in [0.29, 0.717) is 33.9 Å². The molecule has 2 aliphatic heterocycles. The summed E-state index contributed by atoms with van der Waals surface area (Å²) >= 11 is 6.32. The summed E-state index contributed by atoms with van der Waals surface area (Å²) < 4.78 is 7.11. The number of halogens is 1. The summed E-state index contributed by atoms with van der Waals surface area (Å²) in [6, 6.07) is 5.26. The minimum atomic E-state index is -0.527. The fourth-order valence-electron chi connectivity index (χ4n) is 4.75. The predicted molar refractivity (Wildman–Crippen MR) is 105 cm³/mol. The van der Waals surface area contributed by atoms with E-state index >= 15 is 0 Å². The molecule has 4 heterocycles. The number of amides is 2. The van der Waals surface area contributed by atoms with E-state index in [0.717, 1.165) is 19.3 Å². The summed E-state index contributed by atoms with van der Waals surface area (Å²) in [6.45, 7) is 2.19. The van der Waals surface area contributed by atoms with Gasteiger partial charge in [-0.25, -0.2) is 9.78 Å². The highest BCUT2D eigenvalue weighted by Gasteiger charge is 2.62. The lowest BCUT2D eigenvalue weighted by atomic mass is 9.64. The van der Waals surface area contributed by atoms with Gasteiger partial charge in [0.1, 0.15) is 11.9 Å². The molecular weight excluding hydrogens is 394 g/mol. The SMILES string of the molecule is C[C@H]1C[C@@H]2C[C@](c3nnco3)(C1)N2C(=O)Nc1ccc(Cl)c(-c2ncn(C)n2)c1.